The van der Waals surface area contributed by atoms with E-state index in [9.17, 15) is 0 Å². The number of nitrogens with zero attached hydrogens (tertiary/aromatic N) is 2. The van der Waals surface area contributed by atoms with Gasteiger partial charge in [0.05, 0.1) is 11.4 Å². The van der Waals surface area contributed by atoms with Crippen LogP contribution in [0.2, 0.25) is 0 Å². The molecule has 4 nitrogen and oxygen atoms in total. The number of para-hydroxylation sites is 1. The number of benzene rings is 7. The first kappa shape index (κ1) is 42.6. The largest absolute Gasteiger partial charge is 0.466 e. The van der Waals surface area contributed by atoms with E-state index in [2.05, 4.69) is 221 Å². The van der Waals surface area contributed by atoms with Gasteiger partial charge in [-0.25, -0.2) is 0 Å². The second-order valence-electron chi connectivity index (χ2n) is 25.2. The van der Waals surface area contributed by atoms with Crippen molar-refractivity contribution in [3.8, 4) is 22.3 Å². The quantitative estimate of drug-likeness (QED) is 0.162. The summed E-state index contributed by atoms with van der Waals surface area (Å²) in [4.78, 5) is 2.59. The average molecular weight is 903 g/mol. The highest BCUT2D eigenvalue weighted by molar-refractivity contribution is 6.90. The third-order valence-electron chi connectivity index (χ3n) is 16.7. The van der Waals surface area contributed by atoms with E-state index < -0.39 is 0 Å². The molecule has 69 heavy (non-hydrogen) atoms. The summed E-state index contributed by atoms with van der Waals surface area (Å²) >= 11 is 0. The highest BCUT2D eigenvalue weighted by Crippen LogP contribution is 2.55. The zero-order valence-corrected chi connectivity index (χ0v) is 42.7. The molecule has 0 atom stereocenters. The van der Waals surface area contributed by atoms with E-state index in [-0.39, 0.29) is 33.9 Å². The van der Waals surface area contributed by atoms with Gasteiger partial charge >= 0.3 is 6.85 Å². The van der Waals surface area contributed by atoms with E-state index in [0.717, 1.165) is 63.1 Å². The Labute approximate surface area is 407 Å². The van der Waals surface area contributed by atoms with Gasteiger partial charge in [0.2, 0.25) is 0 Å². The Kier molecular flexibility index (Phi) is 8.44. The molecule has 1 aliphatic carbocycles. The Morgan fingerprint density at radius 3 is 1.84 bits per heavy atom. The van der Waals surface area contributed by atoms with Crippen molar-refractivity contribution in [2.75, 3.05) is 4.90 Å². The standard InChI is InChI=1S/C64H63BN2O2/c1-60(2,3)37-23-25-48(41(29-37)36-19-15-14-16-20-36)66-50-35-53-54(40-21-17-18-22-51(40)68-53)55-45-32-39(62(7,8)9)31-43-42-30-38(61(4,5)6)24-26-49(42)67(57(43)45)65(56(50)55)59-58(66)44-33-46-47(34-52(44)69-59)64(12,13)28-27-63(46,10)11/h14-26,29-35H,27-28H2,1-13H3. The van der Waals surface area contributed by atoms with Crippen molar-refractivity contribution in [2.24, 2.45) is 0 Å². The first-order valence-electron chi connectivity index (χ1n) is 25.3. The van der Waals surface area contributed by atoms with Crippen LogP contribution in [0.4, 0.5) is 17.1 Å². The van der Waals surface area contributed by atoms with Gasteiger partial charge in [0.25, 0.3) is 0 Å². The van der Waals surface area contributed by atoms with Crippen LogP contribution in [-0.4, -0.2) is 11.3 Å². The molecule has 0 unspecified atom stereocenters. The zero-order valence-electron chi connectivity index (χ0n) is 42.7. The van der Waals surface area contributed by atoms with Crippen LogP contribution in [0.5, 0.6) is 0 Å². The van der Waals surface area contributed by atoms with Gasteiger partial charge in [0, 0.05) is 60.8 Å². The van der Waals surface area contributed by atoms with Gasteiger partial charge in [-0.15, -0.1) is 0 Å². The summed E-state index contributed by atoms with van der Waals surface area (Å²) in [5, 5.41) is 6.03. The van der Waals surface area contributed by atoms with E-state index in [1.54, 1.807) is 0 Å². The molecule has 2 aliphatic heterocycles. The van der Waals surface area contributed by atoms with E-state index >= 15 is 0 Å². The lowest BCUT2D eigenvalue weighted by Gasteiger charge is -2.42. The molecule has 0 N–H and O–H groups in total. The Morgan fingerprint density at radius 1 is 0.507 bits per heavy atom. The Bertz CT molecular complexity index is 3850. The van der Waals surface area contributed by atoms with Crippen molar-refractivity contribution in [1.82, 2.24) is 4.48 Å². The lowest BCUT2D eigenvalue weighted by molar-refractivity contribution is 0.332. The lowest BCUT2D eigenvalue weighted by atomic mass is 9.47. The lowest BCUT2D eigenvalue weighted by Crippen LogP contribution is -2.56. The molecule has 0 fully saturated rings. The molecule has 10 aromatic rings. The molecule has 3 aliphatic rings. The minimum atomic E-state index is -0.271. The molecule has 0 amide bonds. The van der Waals surface area contributed by atoms with Crippen molar-refractivity contribution in [1.29, 1.82) is 0 Å². The van der Waals surface area contributed by atoms with Crippen LogP contribution >= 0.6 is 0 Å². The van der Waals surface area contributed by atoms with E-state index in [4.69, 9.17) is 8.83 Å². The maximum absolute atomic E-state index is 7.76. The molecule has 5 heterocycles. The molecule has 3 aromatic heterocycles. The normalized spacial score (nSPS) is 16.2. The fraction of sp³-hybridized carbons (Fsp3) is 0.312. The van der Waals surface area contributed by atoms with Gasteiger partial charge in [-0.2, -0.15) is 0 Å². The molecule has 7 aromatic carbocycles. The number of furan rings is 2. The molecular formula is C64H63BN2O2. The number of rotatable bonds is 2. The first-order valence-corrected chi connectivity index (χ1v) is 25.3. The SMILES string of the molecule is CC(C)(C)c1ccc(N2c3cc4oc5ccccc5c4c4c3B(c3oc5cc6c(cc5c32)C(C)(C)CCC6(C)C)n2c3ccc(C(C)(C)C)cc3c3cc(C(C)(C)C)cc-4c32)c(-c2ccccc2)c1. The number of hydrogen-bond donors (Lipinski definition) is 0. The summed E-state index contributed by atoms with van der Waals surface area (Å²) < 4.78 is 17.5. The molecule has 344 valence electrons. The third-order valence-corrected chi connectivity index (χ3v) is 16.7. The minimum absolute atomic E-state index is 0.000137. The molecule has 0 saturated carbocycles. The van der Waals surface area contributed by atoms with Crippen LogP contribution in [0.15, 0.2) is 130 Å². The predicted octanol–water partition coefficient (Wildman–Crippen LogP) is 16.8. The Hall–Kier alpha value is -6.46. The fourth-order valence-electron chi connectivity index (χ4n) is 12.5. The molecule has 0 radical (unpaired) electrons. The number of fused-ring (bicyclic) bond motifs is 14. The fourth-order valence-corrected chi connectivity index (χ4v) is 12.5. The van der Waals surface area contributed by atoms with Crippen molar-refractivity contribution in [3.63, 3.8) is 0 Å². The zero-order chi connectivity index (χ0) is 48.1. The summed E-state index contributed by atoms with van der Waals surface area (Å²) in [6.07, 6.45) is 2.26. The minimum Gasteiger partial charge on any atom is -0.466 e. The second kappa shape index (κ2) is 13.7. The highest BCUT2D eigenvalue weighted by atomic mass is 16.3. The summed E-state index contributed by atoms with van der Waals surface area (Å²) in [5.74, 6) is 0. The smallest absolute Gasteiger partial charge is 0.376 e. The molecule has 0 bridgehead atoms. The van der Waals surface area contributed by atoms with Gasteiger partial charge in [-0.05, 0) is 139 Å². The number of hydrogen-bond acceptors (Lipinski definition) is 3. The van der Waals surface area contributed by atoms with E-state index in [1.165, 1.54) is 82.7 Å². The maximum Gasteiger partial charge on any atom is 0.376 e. The van der Waals surface area contributed by atoms with Gasteiger partial charge in [0.1, 0.15) is 22.4 Å². The van der Waals surface area contributed by atoms with Crippen LogP contribution in [0.3, 0.4) is 0 Å². The van der Waals surface area contributed by atoms with Crippen LogP contribution in [0.25, 0.3) is 77.0 Å². The summed E-state index contributed by atoms with van der Waals surface area (Å²) in [6.45, 7) is 30.5. The van der Waals surface area contributed by atoms with Gasteiger partial charge in [-0.3, -0.25) is 0 Å². The molecule has 5 heteroatoms. The van der Waals surface area contributed by atoms with E-state index in [1.807, 2.05) is 0 Å². The average Bonchev–Trinajstić information content (AvgIpc) is 3.97. The molecule has 0 spiro atoms. The number of anilines is 3. The first-order chi connectivity index (χ1) is 32.6. The van der Waals surface area contributed by atoms with Crippen molar-refractivity contribution in [2.45, 2.75) is 130 Å². The monoisotopic (exact) mass is 902 g/mol. The third kappa shape index (κ3) is 5.95. The summed E-state index contributed by atoms with van der Waals surface area (Å²) in [6, 6.07) is 46.4. The highest BCUT2D eigenvalue weighted by Gasteiger charge is 2.49. The predicted molar refractivity (Wildman–Crippen MR) is 294 cm³/mol. The number of aromatic nitrogens is 1. The maximum atomic E-state index is 7.76. The van der Waals surface area contributed by atoms with Crippen molar-refractivity contribution < 1.29 is 8.83 Å². The Morgan fingerprint density at radius 2 is 1.13 bits per heavy atom. The van der Waals surface area contributed by atoms with Crippen molar-refractivity contribution >= 4 is 89.7 Å². The van der Waals surface area contributed by atoms with Crippen LogP contribution in [0.1, 0.15) is 131 Å². The van der Waals surface area contributed by atoms with Crippen LogP contribution < -0.4 is 16.0 Å². The molecular weight excluding hydrogens is 840 g/mol. The topological polar surface area (TPSA) is 34.5 Å². The van der Waals surface area contributed by atoms with Gasteiger partial charge in [-0.1, -0.05) is 151 Å². The summed E-state index contributed by atoms with van der Waals surface area (Å²) in [7, 11) is 0. The second-order valence-corrected chi connectivity index (χ2v) is 25.2. The molecule has 13 rings (SSSR count). The van der Waals surface area contributed by atoms with Crippen molar-refractivity contribution in [3.05, 3.63) is 149 Å². The Balaban J connectivity index is 1.27. The van der Waals surface area contributed by atoms with Crippen LogP contribution in [-0.2, 0) is 27.1 Å². The van der Waals surface area contributed by atoms with Gasteiger partial charge < -0.3 is 18.2 Å². The van der Waals surface area contributed by atoms with Gasteiger partial charge in [0.15, 0.2) is 0 Å². The van der Waals surface area contributed by atoms with Crippen LogP contribution in [0, 0.1) is 0 Å². The summed E-state index contributed by atoms with van der Waals surface area (Å²) in [5.41, 5.74) is 22.3. The molecule has 0 saturated heterocycles. The van der Waals surface area contributed by atoms with E-state index in [0.29, 0.717) is 0 Å².